The molecule has 1 N–H and O–H groups in total. The maximum absolute atomic E-state index is 12.3. The van der Waals surface area contributed by atoms with Gasteiger partial charge in [0.25, 0.3) is 0 Å². The number of amides is 1. The normalized spacial score (nSPS) is 15.6. The van der Waals surface area contributed by atoms with E-state index in [4.69, 9.17) is 4.74 Å². The van der Waals surface area contributed by atoms with E-state index in [1.165, 1.54) is 5.56 Å². The number of benzene rings is 1. The van der Waals surface area contributed by atoms with Crippen molar-refractivity contribution in [2.75, 3.05) is 13.1 Å². The van der Waals surface area contributed by atoms with E-state index in [0.29, 0.717) is 19.0 Å². The van der Waals surface area contributed by atoms with Crippen molar-refractivity contribution in [1.82, 2.24) is 9.88 Å². The molecule has 1 aliphatic rings. The highest BCUT2D eigenvalue weighted by Crippen LogP contribution is 2.35. The minimum atomic E-state index is -0.468. The van der Waals surface area contributed by atoms with Crippen LogP contribution in [-0.2, 0) is 11.3 Å². The fourth-order valence-corrected chi connectivity index (χ4v) is 3.51. The Morgan fingerprint density at radius 1 is 1.22 bits per heavy atom. The van der Waals surface area contributed by atoms with Crippen molar-refractivity contribution in [1.29, 1.82) is 0 Å². The first kappa shape index (κ1) is 19.4. The molecule has 2 heterocycles. The van der Waals surface area contributed by atoms with E-state index in [1.54, 1.807) is 11.1 Å². The number of pyridine rings is 1. The monoisotopic (exact) mass is 368 g/mol. The molecule has 144 valence electrons. The molecule has 1 amide bonds. The summed E-state index contributed by atoms with van der Waals surface area (Å²) in [5.41, 5.74) is 3.62. The van der Waals surface area contributed by atoms with Crippen LogP contribution in [0.15, 0.2) is 42.6 Å². The smallest absolute Gasteiger partial charge is 0.410 e. The zero-order valence-corrected chi connectivity index (χ0v) is 16.3. The largest absolute Gasteiger partial charge is 0.444 e. The Bertz CT molecular complexity index is 790. The van der Waals surface area contributed by atoms with Gasteiger partial charge in [-0.1, -0.05) is 24.3 Å². The molecule has 1 aromatic heterocycles. The highest BCUT2D eigenvalue weighted by Gasteiger charge is 2.28. The van der Waals surface area contributed by atoms with E-state index in [9.17, 15) is 9.90 Å². The van der Waals surface area contributed by atoms with E-state index in [-0.39, 0.29) is 12.7 Å². The van der Waals surface area contributed by atoms with E-state index < -0.39 is 5.60 Å². The van der Waals surface area contributed by atoms with Crippen molar-refractivity contribution in [3.8, 4) is 11.3 Å². The van der Waals surface area contributed by atoms with Gasteiger partial charge in [-0.15, -0.1) is 0 Å². The van der Waals surface area contributed by atoms with Crippen LogP contribution in [0.25, 0.3) is 11.3 Å². The number of ether oxygens (including phenoxy) is 1. The fraction of sp³-hybridized carbons (Fsp3) is 0.455. The quantitative estimate of drug-likeness (QED) is 0.874. The molecule has 2 aromatic rings. The van der Waals surface area contributed by atoms with Crippen LogP contribution in [0.1, 0.15) is 50.7 Å². The Morgan fingerprint density at radius 2 is 1.93 bits per heavy atom. The number of aliphatic hydroxyl groups excluding tert-OH is 1. The highest BCUT2D eigenvalue weighted by molar-refractivity contribution is 5.68. The summed E-state index contributed by atoms with van der Waals surface area (Å²) < 4.78 is 5.49. The van der Waals surface area contributed by atoms with Crippen LogP contribution in [0.2, 0.25) is 0 Å². The Labute approximate surface area is 161 Å². The lowest BCUT2D eigenvalue weighted by molar-refractivity contribution is 0.0205. The molecule has 0 saturated carbocycles. The Kier molecular flexibility index (Phi) is 5.80. The van der Waals surface area contributed by atoms with Crippen molar-refractivity contribution in [3.63, 3.8) is 0 Å². The topological polar surface area (TPSA) is 62.7 Å². The third-order valence-electron chi connectivity index (χ3n) is 4.83. The summed E-state index contributed by atoms with van der Waals surface area (Å²) in [6.07, 6.45) is 3.31. The number of hydrogen-bond donors (Lipinski definition) is 1. The van der Waals surface area contributed by atoms with Crippen LogP contribution in [-0.4, -0.2) is 39.8 Å². The maximum Gasteiger partial charge on any atom is 0.410 e. The molecule has 0 atom stereocenters. The summed E-state index contributed by atoms with van der Waals surface area (Å²) in [6, 6.07) is 12.1. The van der Waals surface area contributed by atoms with E-state index in [2.05, 4.69) is 23.2 Å². The van der Waals surface area contributed by atoms with Gasteiger partial charge in [0.1, 0.15) is 5.60 Å². The van der Waals surface area contributed by atoms with Gasteiger partial charge in [-0.25, -0.2) is 4.79 Å². The molecule has 0 bridgehead atoms. The van der Waals surface area contributed by atoms with Gasteiger partial charge in [0, 0.05) is 24.8 Å². The van der Waals surface area contributed by atoms with Crippen LogP contribution >= 0.6 is 0 Å². The number of likely N-dealkylation sites (tertiary alicyclic amines) is 1. The predicted octanol–water partition coefficient (Wildman–Crippen LogP) is 4.36. The molecule has 0 unspecified atom stereocenters. The van der Waals surface area contributed by atoms with Gasteiger partial charge < -0.3 is 14.7 Å². The number of piperidine rings is 1. The number of hydrogen-bond acceptors (Lipinski definition) is 4. The Hall–Kier alpha value is -2.40. The molecule has 0 radical (unpaired) electrons. The van der Waals surface area contributed by atoms with Crippen LogP contribution in [0.3, 0.4) is 0 Å². The lowest BCUT2D eigenvalue weighted by Crippen LogP contribution is -2.41. The molecular formula is C22H28N2O3. The summed E-state index contributed by atoms with van der Waals surface area (Å²) in [5, 5.41) is 9.41. The van der Waals surface area contributed by atoms with Crippen LogP contribution in [0.5, 0.6) is 0 Å². The first-order valence-electron chi connectivity index (χ1n) is 9.50. The van der Waals surface area contributed by atoms with Gasteiger partial charge >= 0.3 is 6.09 Å². The zero-order chi connectivity index (χ0) is 19.4. The Balaban J connectivity index is 1.75. The first-order valence-corrected chi connectivity index (χ1v) is 9.50. The average molecular weight is 368 g/mol. The summed E-state index contributed by atoms with van der Waals surface area (Å²) in [4.78, 5) is 18.6. The number of aliphatic hydroxyl groups is 1. The molecule has 5 heteroatoms. The van der Waals surface area contributed by atoms with Crippen LogP contribution in [0, 0.1) is 0 Å². The molecule has 3 rings (SSSR count). The van der Waals surface area contributed by atoms with Crippen molar-refractivity contribution >= 4 is 6.09 Å². The average Bonchev–Trinajstić information content (AvgIpc) is 2.67. The number of carbonyl (C=O) groups excluding carboxylic acids is 1. The van der Waals surface area contributed by atoms with E-state index in [0.717, 1.165) is 29.7 Å². The summed E-state index contributed by atoms with van der Waals surface area (Å²) in [5.74, 6) is 0.375. The van der Waals surface area contributed by atoms with Gasteiger partial charge in [0.15, 0.2) is 0 Å². The fourth-order valence-electron chi connectivity index (χ4n) is 3.51. The third kappa shape index (κ3) is 4.86. The SMILES string of the molecule is CC(C)(C)OC(=O)N1CCC(c2ccccc2-c2cc(CO)ccn2)CC1. The highest BCUT2D eigenvalue weighted by atomic mass is 16.6. The van der Waals surface area contributed by atoms with Crippen LogP contribution in [0.4, 0.5) is 4.79 Å². The third-order valence-corrected chi connectivity index (χ3v) is 4.83. The molecule has 27 heavy (non-hydrogen) atoms. The number of nitrogens with zero attached hydrogens (tertiary/aromatic N) is 2. The lowest BCUT2D eigenvalue weighted by Gasteiger charge is -2.34. The molecule has 1 fully saturated rings. The summed E-state index contributed by atoms with van der Waals surface area (Å²) in [6.45, 7) is 7.06. The first-order chi connectivity index (χ1) is 12.9. The molecule has 0 aliphatic carbocycles. The van der Waals surface area contributed by atoms with E-state index in [1.807, 2.05) is 39.0 Å². The lowest BCUT2D eigenvalue weighted by atomic mass is 9.85. The van der Waals surface area contributed by atoms with Crippen LogP contribution < -0.4 is 0 Å². The molecule has 1 saturated heterocycles. The summed E-state index contributed by atoms with van der Waals surface area (Å²) >= 11 is 0. The van der Waals surface area contributed by atoms with Gasteiger partial charge in [0.2, 0.25) is 0 Å². The molecule has 1 aromatic carbocycles. The van der Waals surface area contributed by atoms with Crippen molar-refractivity contribution < 1.29 is 14.6 Å². The van der Waals surface area contributed by atoms with Gasteiger partial charge in [-0.05, 0) is 62.8 Å². The number of carbonyl (C=O) groups is 1. The minimum absolute atomic E-state index is 0.00592. The number of aromatic nitrogens is 1. The van der Waals surface area contributed by atoms with Gasteiger partial charge in [-0.2, -0.15) is 0 Å². The van der Waals surface area contributed by atoms with Gasteiger partial charge in [-0.3, -0.25) is 4.98 Å². The Morgan fingerprint density at radius 3 is 2.59 bits per heavy atom. The second-order valence-corrected chi connectivity index (χ2v) is 8.04. The second kappa shape index (κ2) is 8.09. The number of rotatable bonds is 3. The van der Waals surface area contributed by atoms with Gasteiger partial charge in [0.05, 0.1) is 12.3 Å². The predicted molar refractivity (Wildman–Crippen MR) is 105 cm³/mol. The molecule has 5 nitrogen and oxygen atoms in total. The van der Waals surface area contributed by atoms with Crippen molar-refractivity contribution in [3.05, 3.63) is 53.7 Å². The van der Waals surface area contributed by atoms with E-state index >= 15 is 0 Å². The van der Waals surface area contributed by atoms with Crippen molar-refractivity contribution in [2.45, 2.75) is 51.7 Å². The summed E-state index contributed by atoms with van der Waals surface area (Å²) in [7, 11) is 0. The molecule has 0 spiro atoms. The van der Waals surface area contributed by atoms with Crippen molar-refractivity contribution in [2.24, 2.45) is 0 Å². The second-order valence-electron chi connectivity index (χ2n) is 8.04. The zero-order valence-electron chi connectivity index (χ0n) is 16.3. The molecular weight excluding hydrogens is 340 g/mol. The standard InChI is InChI=1S/C22H28N2O3/c1-22(2,3)27-21(26)24-12-9-17(10-13-24)18-6-4-5-7-19(18)20-14-16(15-25)8-11-23-20/h4-8,11,14,17,25H,9-10,12-13,15H2,1-3H3. The maximum atomic E-state index is 12.3. The minimum Gasteiger partial charge on any atom is -0.444 e. The molecule has 1 aliphatic heterocycles.